The van der Waals surface area contributed by atoms with Gasteiger partial charge >= 0.3 is 5.97 Å². The Morgan fingerprint density at radius 1 is 1.35 bits per heavy atom. The molecule has 8 heteroatoms. The molecule has 1 saturated heterocycles. The lowest BCUT2D eigenvalue weighted by molar-refractivity contribution is -0.921. The van der Waals surface area contributed by atoms with E-state index in [1.165, 1.54) is 0 Å². The molecule has 2 N–H and O–H groups in total. The quantitative estimate of drug-likeness (QED) is 0.556. The van der Waals surface area contributed by atoms with Crippen molar-refractivity contribution in [1.82, 2.24) is 0 Å². The number of carbonyl (C=O) groups excluding carboxylic acids is 2. The summed E-state index contributed by atoms with van der Waals surface area (Å²) in [6, 6.07) is 6.02. The van der Waals surface area contributed by atoms with Crippen LogP contribution in [-0.2, 0) is 14.3 Å². The number of ether oxygens (including phenoxy) is 1. The molecule has 0 spiro atoms. The Bertz CT molecular complexity index is 613. The average Bonchev–Trinajstić information content (AvgIpc) is 2.62. The maximum Gasteiger partial charge on any atom is 0.314 e. The van der Waals surface area contributed by atoms with Crippen molar-refractivity contribution in [3.63, 3.8) is 0 Å². The van der Waals surface area contributed by atoms with E-state index < -0.39 is 5.76 Å². The van der Waals surface area contributed by atoms with Crippen LogP contribution in [0.4, 0.5) is 14.5 Å². The van der Waals surface area contributed by atoms with Crippen molar-refractivity contribution in [3.8, 4) is 0 Å². The van der Waals surface area contributed by atoms with Crippen LogP contribution < -0.4 is 10.2 Å². The largest absolute Gasteiger partial charge is 0.466 e. The molecule has 1 aromatic rings. The van der Waals surface area contributed by atoms with Gasteiger partial charge < -0.3 is 15.0 Å². The monoisotopic (exact) mass is 387 g/mol. The van der Waals surface area contributed by atoms with Crippen LogP contribution in [0.25, 0.3) is 0 Å². The topological polar surface area (TPSA) is 59.8 Å². The summed E-state index contributed by atoms with van der Waals surface area (Å²) in [5.41, 5.74) is 0.568. The number of alkyl halides is 2. The second-order valence-electron chi connectivity index (χ2n) is 6.32. The van der Waals surface area contributed by atoms with Gasteiger partial charge in [-0.25, -0.2) is 0 Å². The molecular weight excluding hydrogens is 362 g/mol. The third-order valence-electron chi connectivity index (χ3n) is 4.53. The standard InChI is InChI=1S/C18H24F2N2O3S/c1-3-25-17(24)13-5-4-10-22(11-13)12(2)16(23)21-14-6-8-15(9-7-14)26-18(19)20/h6-9,12-13,18H,3-5,10-11H2,1-2H3,(H,21,23)/p+1/t12-,13+/m0/s1. The fourth-order valence-corrected chi connectivity index (χ4v) is 3.61. The molecule has 26 heavy (non-hydrogen) atoms. The summed E-state index contributed by atoms with van der Waals surface area (Å²) in [7, 11) is 0. The van der Waals surface area contributed by atoms with Gasteiger partial charge in [-0.1, -0.05) is 11.8 Å². The Hall–Kier alpha value is -1.67. The lowest BCUT2D eigenvalue weighted by atomic mass is 9.97. The summed E-state index contributed by atoms with van der Waals surface area (Å²) in [6.07, 6.45) is 1.66. The third kappa shape index (κ3) is 5.95. The molecule has 0 saturated carbocycles. The number of halogens is 2. The highest BCUT2D eigenvalue weighted by molar-refractivity contribution is 7.99. The Morgan fingerprint density at radius 3 is 2.65 bits per heavy atom. The molecule has 1 aliphatic rings. The minimum Gasteiger partial charge on any atom is -0.466 e. The molecule has 1 fully saturated rings. The Balaban J connectivity index is 1.91. The van der Waals surface area contributed by atoms with Crippen molar-refractivity contribution in [3.05, 3.63) is 24.3 Å². The number of quaternary nitrogens is 1. The number of hydrogen-bond donors (Lipinski definition) is 2. The number of esters is 1. The van der Waals surface area contributed by atoms with Crippen molar-refractivity contribution in [2.45, 2.75) is 43.4 Å². The average molecular weight is 387 g/mol. The van der Waals surface area contributed by atoms with E-state index in [4.69, 9.17) is 4.74 Å². The summed E-state index contributed by atoms with van der Waals surface area (Å²) in [4.78, 5) is 25.9. The van der Waals surface area contributed by atoms with Gasteiger partial charge in [-0.3, -0.25) is 9.59 Å². The van der Waals surface area contributed by atoms with Crippen molar-refractivity contribution in [1.29, 1.82) is 0 Å². The summed E-state index contributed by atoms with van der Waals surface area (Å²) >= 11 is 0.468. The first kappa shape index (κ1) is 20.6. The van der Waals surface area contributed by atoms with Crippen LogP contribution in [0, 0.1) is 5.92 Å². The molecule has 0 aliphatic carbocycles. The van der Waals surface area contributed by atoms with Crippen LogP contribution in [-0.4, -0.2) is 43.4 Å². The zero-order valence-electron chi connectivity index (χ0n) is 15.0. The lowest BCUT2D eigenvalue weighted by Crippen LogP contribution is -3.18. The van der Waals surface area contributed by atoms with Gasteiger partial charge in [0.1, 0.15) is 5.92 Å². The number of anilines is 1. The predicted molar refractivity (Wildman–Crippen MR) is 96.4 cm³/mol. The van der Waals surface area contributed by atoms with Gasteiger partial charge in [0.25, 0.3) is 11.7 Å². The highest BCUT2D eigenvalue weighted by Crippen LogP contribution is 2.26. The number of piperidine rings is 1. The fourth-order valence-electron chi connectivity index (χ4n) is 3.11. The van der Waals surface area contributed by atoms with Gasteiger partial charge in [0.2, 0.25) is 0 Å². The SMILES string of the molecule is CCOC(=O)[C@@H]1CCC[NH+]([C@@H](C)C(=O)Nc2ccc(SC(F)F)cc2)C1. The fraction of sp³-hybridized carbons (Fsp3) is 0.556. The van der Waals surface area contributed by atoms with E-state index in [1.807, 2.05) is 6.92 Å². The van der Waals surface area contributed by atoms with Crippen LogP contribution >= 0.6 is 11.8 Å². The number of rotatable bonds is 7. The van der Waals surface area contributed by atoms with Crippen molar-refractivity contribution in [2.75, 3.05) is 25.0 Å². The van der Waals surface area contributed by atoms with E-state index in [1.54, 1.807) is 31.2 Å². The first-order valence-electron chi connectivity index (χ1n) is 8.77. The minimum absolute atomic E-state index is 0.154. The molecule has 2 rings (SSSR count). The molecular formula is C18H25F2N2O3S+. The summed E-state index contributed by atoms with van der Waals surface area (Å²) in [5, 5.41) is 2.82. The van der Waals surface area contributed by atoms with Crippen molar-refractivity contribution >= 4 is 29.3 Å². The second kappa shape index (κ2) is 9.87. The highest BCUT2D eigenvalue weighted by atomic mass is 32.2. The summed E-state index contributed by atoms with van der Waals surface area (Å²) in [5.74, 6) is -2.98. The Morgan fingerprint density at radius 2 is 2.04 bits per heavy atom. The van der Waals surface area contributed by atoms with Crippen LogP contribution in [0.3, 0.4) is 0 Å². The molecule has 144 valence electrons. The van der Waals surface area contributed by atoms with E-state index >= 15 is 0 Å². The second-order valence-corrected chi connectivity index (χ2v) is 7.38. The van der Waals surface area contributed by atoms with Gasteiger partial charge in [0.15, 0.2) is 6.04 Å². The number of amides is 1. The number of benzene rings is 1. The van der Waals surface area contributed by atoms with Gasteiger partial charge in [0, 0.05) is 10.6 Å². The lowest BCUT2D eigenvalue weighted by Gasteiger charge is -2.32. The minimum atomic E-state index is -2.47. The number of carbonyl (C=O) groups is 2. The number of nitrogens with one attached hydrogen (secondary N) is 2. The number of thioether (sulfide) groups is 1. The smallest absolute Gasteiger partial charge is 0.314 e. The van der Waals surface area contributed by atoms with Crippen LogP contribution in [0.5, 0.6) is 0 Å². The molecule has 3 atom stereocenters. The normalized spacial score (nSPS) is 21.3. The van der Waals surface area contributed by atoms with E-state index in [2.05, 4.69) is 5.32 Å². The Kier molecular flexibility index (Phi) is 7.84. The van der Waals surface area contributed by atoms with E-state index in [0.29, 0.717) is 35.5 Å². The van der Waals surface area contributed by atoms with Crippen LogP contribution in [0.1, 0.15) is 26.7 Å². The molecule has 1 aliphatic heterocycles. The van der Waals surface area contributed by atoms with Crippen LogP contribution in [0.2, 0.25) is 0 Å². The van der Waals surface area contributed by atoms with Gasteiger partial charge in [-0.2, -0.15) is 8.78 Å². The molecule has 1 amide bonds. The molecule has 1 aromatic carbocycles. The molecule has 0 bridgehead atoms. The van der Waals surface area contributed by atoms with E-state index in [9.17, 15) is 18.4 Å². The number of hydrogen-bond acceptors (Lipinski definition) is 4. The van der Waals surface area contributed by atoms with Crippen molar-refractivity contribution in [2.24, 2.45) is 5.92 Å². The zero-order chi connectivity index (χ0) is 19.1. The zero-order valence-corrected chi connectivity index (χ0v) is 15.8. The van der Waals surface area contributed by atoms with Crippen molar-refractivity contribution < 1.29 is 28.0 Å². The first-order chi connectivity index (χ1) is 12.4. The number of likely N-dealkylation sites (tertiary alicyclic amines) is 1. The Labute approximate surface area is 156 Å². The van der Waals surface area contributed by atoms with Crippen LogP contribution in [0.15, 0.2) is 29.2 Å². The van der Waals surface area contributed by atoms with Gasteiger partial charge in [0.05, 0.1) is 19.7 Å². The van der Waals surface area contributed by atoms with Gasteiger partial charge in [-0.05, 0) is 51.0 Å². The molecule has 0 radical (unpaired) electrons. The molecule has 0 aromatic heterocycles. The maximum absolute atomic E-state index is 12.5. The highest BCUT2D eigenvalue weighted by Gasteiger charge is 2.34. The maximum atomic E-state index is 12.5. The molecule has 1 heterocycles. The summed E-state index contributed by atoms with van der Waals surface area (Å²) in [6.45, 7) is 5.39. The van der Waals surface area contributed by atoms with Gasteiger partial charge in [-0.15, -0.1) is 0 Å². The third-order valence-corrected chi connectivity index (χ3v) is 5.25. The summed E-state index contributed by atoms with van der Waals surface area (Å²) < 4.78 is 29.8. The first-order valence-corrected chi connectivity index (χ1v) is 9.65. The van der Waals surface area contributed by atoms with E-state index in [0.717, 1.165) is 24.3 Å². The predicted octanol–water partition coefficient (Wildman–Crippen LogP) is 2.19. The van der Waals surface area contributed by atoms with E-state index in [-0.39, 0.29) is 23.8 Å². The molecule has 5 nitrogen and oxygen atoms in total. The molecule has 1 unspecified atom stereocenters.